The molecule has 19 heavy (non-hydrogen) atoms. The van der Waals surface area contributed by atoms with Crippen molar-refractivity contribution in [2.24, 2.45) is 0 Å². The van der Waals surface area contributed by atoms with Gasteiger partial charge in [-0.2, -0.15) is 30.3 Å². The van der Waals surface area contributed by atoms with Gasteiger partial charge in [0.1, 0.15) is 0 Å². The zero-order chi connectivity index (χ0) is 12.5. The molecule has 0 aliphatic carbocycles. The first-order valence-electron chi connectivity index (χ1n) is 6.11. The standard InChI is InChI=1S/C12H12N.C5H5.Fe/c1-2-6-11(7-3-1)10-13-12-8-4-5-9-12;1-2-4-5-3-1;/h1-9,13H,10H2;1-5H;/q2*-1;+2. The summed E-state index contributed by atoms with van der Waals surface area (Å²) in [5, 5.41) is 3.34. The third-order valence-electron chi connectivity index (χ3n) is 2.56. The minimum Gasteiger partial charge on any atom is -0.433 e. The molecule has 3 aromatic carbocycles. The van der Waals surface area contributed by atoms with Crippen LogP contribution in [0.15, 0.2) is 84.9 Å². The molecule has 0 unspecified atom stereocenters. The summed E-state index contributed by atoms with van der Waals surface area (Å²) in [4.78, 5) is 0. The molecule has 0 aliphatic heterocycles. The van der Waals surface area contributed by atoms with Crippen LogP contribution in [0.4, 0.5) is 5.69 Å². The molecule has 0 amide bonds. The molecular formula is C17H17FeN. The first-order valence-corrected chi connectivity index (χ1v) is 6.11. The molecule has 0 aliphatic rings. The van der Waals surface area contributed by atoms with Crippen LogP contribution in [0, 0.1) is 0 Å². The molecule has 0 saturated heterocycles. The van der Waals surface area contributed by atoms with Crippen LogP contribution >= 0.6 is 0 Å². The summed E-state index contributed by atoms with van der Waals surface area (Å²) in [6.45, 7) is 0.894. The van der Waals surface area contributed by atoms with E-state index in [1.165, 1.54) is 11.3 Å². The molecule has 0 fully saturated rings. The minimum atomic E-state index is 0. The van der Waals surface area contributed by atoms with Crippen molar-refractivity contribution in [2.45, 2.75) is 6.54 Å². The van der Waals surface area contributed by atoms with Crippen molar-refractivity contribution in [1.82, 2.24) is 0 Å². The molecule has 1 N–H and O–H groups in total. The van der Waals surface area contributed by atoms with Crippen LogP contribution in [0.3, 0.4) is 0 Å². The van der Waals surface area contributed by atoms with Gasteiger partial charge < -0.3 is 5.32 Å². The maximum absolute atomic E-state index is 3.34. The van der Waals surface area contributed by atoms with Gasteiger partial charge in [0, 0.05) is 6.54 Å². The fraction of sp³-hybridized carbons (Fsp3) is 0.0588. The molecule has 0 aromatic heterocycles. The molecule has 0 spiro atoms. The van der Waals surface area contributed by atoms with Crippen LogP contribution in [-0.2, 0) is 23.6 Å². The first kappa shape index (κ1) is 15.3. The molecule has 3 rings (SSSR count). The van der Waals surface area contributed by atoms with E-state index in [1.807, 2.05) is 48.5 Å². The van der Waals surface area contributed by atoms with Gasteiger partial charge in [-0.05, 0) is 5.56 Å². The van der Waals surface area contributed by atoms with Gasteiger partial charge in [-0.1, -0.05) is 36.0 Å². The summed E-state index contributed by atoms with van der Waals surface area (Å²) >= 11 is 0. The molecule has 0 saturated carbocycles. The van der Waals surface area contributed by atoms with E-state index in [4.69, 9.17) is 0 Å². The summed E-state index contributed by atoms with van der Waals surface area (Å²) in [7, 11) is 0. The number of nitrogens with one attached hydrogen (secondary N) is 1. The predicted molar refractivity (Wildman–Crippen MR) is 77.8 cm³/mol. The van der Waals surface area contributed by atoms with Gasteiger partial charge in [0.2, 0.25) is 0 Å². The SMILES string of the molecule is [Fe+2].c1cc[cH-]c1.c1ccc(CN[c-]2cccc2)cc1. The Labute approximate surface area is 125 Å². The second kappa shape index (κ2) is 9.21. The molecule has 0 heterocycles. The van der Waals surface area contributed by atoms with Crippen molar-refractivity contribution in [1.29, 1.82) is 0 Å². The summed E-state index contributed by atoms with van der Waals surface area (Å²) in [5.41, 5.74) is 2.49. The van der Waals surface area contributed by atoms with Crippen LogP contribution in [0.2, 0.25) is 0 Å². The normalized spacial score (nSPS) is 8.84. The number of hydrogen-bond acceptors (Lipinski definition) is 1. The third kappa shape index (κ3) is 6.10. The first-order chi connectivity index (χ1) is 8.95. The Kier molecular flexibility index (Phi) is 7.41. The molecule has 98 valence electrons. The van der Waals surface area contributed by atoms with Crippen molar-refractivity contribution in [3.8, 4) is 0 Å². The smallest absolute Gasteiger partial charge is 0.433 e. The van der Waals surface area contributed by atoms with Crippen LogP contribution in [0.25, 0.3) is 0 Å². The zero-order valence-electron chi connectivity index (χ0n) is 10.6. The number of rotatable bonds is 3. The maximum atomic E-state index is 3.34. The van der Waals surface area contributed by atoms with E-state index in [0.717, 1.165) is 6.54 Å². The van der Waals surface area contributed by atoms with Gasteiger partial charge in [0.05, 0.1) is 0 Å². The monoisotopic (exact) mass is 291 g/mol. The molecular weight excluding hydrogens is 274 g/mol. The summed E-state index contributed by atoms with van der Waals surface area (Å²) in [6, 6.07) is 28.6. The second-order valence-electron chi connectivity index (χ2n) is 3.97. The molecule has 0 bridgehead atoms. The molecule has 1 nitrogen and oxygen atoms in total. The minimum absolute atomic E-state index is 0. The Morgan fingerprint density at radius 3 is 2.00 bits per heavy atom. The molecule has 0 radical (unpaired) electrons. The van der Waals surface area contributed by atoms with Crippen LogP contribution in [-0.4, -0.2) is 0 Å². The van der Waals surface area contributed by atoms with Crippen LogP contribution < -0.4 is 5.32 Å². The largest absolute Gasteiger partial charge is 2.00 e. The quantitative estimate of drug-likeness (QED) is 0.556. The average molecular weight is 291 g/mol. The fourth-order valence-corrected chi connectivity index (χ4v) is 1.61. The van der Waals surface area contributed by atoms with Crippen molar-refractivity contribution in [2.75, 3.05) is 5.32 Å². The van der Waals surface area contributed by atoms with Gasteiger partial charge in [-0.15, -0.1) is 0 Å². The van der Waals surface area contributed by atoms with Gasteiger partial charge in [-0.25, -0.2) is 24.3 Å². The molecule has 3 aromatic rings. The average Bonchev–Trinajstić information content (AvgIpc) is 3.13. The van der Waals surface area contributed by atoms with Gasteiger partial charge >= 0.3 is 17.1 Å². The summed E-state index contributed by atoms with van der Waals surface area (Å²) in [5.74, 6) is 0. The van der Waals surface area contributed by atoms with E-state index >= 15 is 0 Å². The van der Waals surface area contributed by atoms with Gasteiger partial charge in [-0.3, -0.25) is 0 Å². The Morgan fingerprint density at radius 2 is 1.47 bits per heavy atom. The van der Waals surface area contributed by atoms with E-state index in [1.54, 1.807) is 0 Å². The fourth-order valence-electron chi connectivity index (χ4n) is 1.61. The Morgan fingerprint density at radius 1 is 0.842 bits per heavy atom. The molecule has 0 atom stereocenters. The topological polar surface area (TPSA) is 12.0 Å². The number of hydrogen-bond donors (Lipinski definition) is 1. The predicted octanol–water partition coefficient (Wildman–Crippen LogP) is 4.42. The van der Waals surface area contributed by atoms with Crippen LogP contribution in [0.5, 0.6) is 0 Å². The Balaban J connectivity index is 0.000000256. The van der Waals surface area contributed by atoms with E-state index in [-0.39, 0.29) is 17.1 Å². The van der Waals surface area contributed by atoms with E-state index in [0.29, 0.717) is 0 Å². The van der Waals surface area contributed by atoms with Gasteiger partial charge in [0.15, 0.2) is 0 Å². The summed E-state index contributed by atoms with van der Waals surface area (Å²) < 4.78 is 0. The zero-order valence-corrected chi connectivity index (χ0v) is 11.7. The third-order valence-corrected chi connectivity index (χ3v) is 2.56. The van der Waals surface area contributed by atoms with Gasteiger partial charge in [0.25, 0.3) is 0 Å². The van der Waals surface area contributed by atoms with E-state index < -0.39 is 0 Å². The van der Waals surface area contributed by atoms with Crippen molar-refractivity contribution < 1.29 is 17.1 Å². The second-order valence-corrected chi connectivity index (χ2v) is 3.97. The number of anilines is 1. The molecule has 2 heteroatoms. The van der Waals surface area contributed by atoms with E-state index in [2.05, 4.69) is 41.7 Å². The Hall–Kier alpha value is -1.76. The van der Waals surface area contributed by atoms with Crippen molar-refractivity contribution in [3.05, 3.63) is 90.5 Å². The summed E-state index contributed by atoms with van der Waals surface area (Å²) in [6.07, 6.45) is 0. The van der Waals surface area contributed by atoms with Crippen molar-refractivity contribution >= 4 is 5.69 Å². The van der Waals surface area contributed by atoms with E-state index in [9.17, 15) is 0 Å². The van der Waals surface area contributed by atoms with Crippen molar-refractivity contribution in [3.63, 3.8) is 0 Å². The Bertz CT molecular complexity index is 480. The number of benzene rings is 1. The van der Waals surface area contributed by atoms with Crippen LogP contribution in [0.1, 0.15) is 5.56 Å². The maximum Gasteiger partial charge on any atom is 2.00 e.